The number of nitrogens with one attached hydrogen (secondary N) is 2. The lowest BCUT2D eigenvalue weighted by molar-refractivity contribution is -0.137. The van der Waals surface area contributed by atoms with Crippen molar-refractivity contribution in [1.29, 1.82) is 0 Å². The maximum atomic E-state index is 12.3. The lowest BCUT2D eigenvalue weighted by atomic mass is 10.1. The summed E-state index contributed by atoms with van der Waals surface area (Å²) in [6.45, 7) is 0.188. The van der Waals surface area contributed by atoms with Crippen LogP contribution in [0, 0.1) is 0 Å². The van der Waals surface area contributed by atoms with E-state index in [1.165, 1.54) is 0 Å². The molecule has 0 aromatic heterocycles. The van der Waals surface area contributed by atoms with E-state index in [1.54, 1.807) is 0 Å². The molecule has 1 aromatic carbocycles. The third-order valence-electron chi connectivity index (χ3n) is 2.38. The Hall–Kier alpha value is -1.47. The molecule has 0 heterocycles. The number of hydrogen-bond donors (Lipinski definition) is 2. The molecule has 0 saturated heterocycles. The zero-order valence-electron chi connectivity index (χ0n) is 10.5. The van der Waals surface area contributed by atoms with E-state index in [2.05, 4.69) is 10.6 Å². The Labute approximate surface area is 128 Å². The van der Waals surface area contributed by atoms with Crippen molar-refractivity contribution in [2.75, 3.05) is 13.1 Å². The molecule has 1 aromatic rings. The normalized spacial score (nSPS) is 11.3. The van der Waals surface area contributed by atoms with Crippen LogP contribution < -0.4 is 10.6 Å². The van der Waals surface area contributed by atoms with Crippen LogP contribution >= 0.6 is 23.2 Å². The van der Waals surface area contributed by atoms with Crippen LogP contribution in [0.2, 0.25) is 0 Å². The third kappa shape index (κ3) is 5.81. The quantitative estimate of drug-likeness (QED) is 0.637. The topological polar surface area (TPSA) is 58.2 Å². The fraction of sp³-hybridized carbons (Fsp3) is 0.333. The highest BCUT2D eigenvalue weighted by atomic mass is 35.5. The van der Waals surface area contributed by atoms with Crippen LogP contribution in [0.15, 0.2) is 24.3 Å². The summed E-state index contributed by atoms with van der Waals surface area (Å²) in [5, 5.41) is 4.78. The first-order valence-corrected chi connectivity index (χ1v) is 6.60. The van der Waals surface area contributed by atoms with Gasteiger partial charge in [0.2, 0.25) is 0 Å². The van der Waals surface area contributed by atoms with Gasteiger partial charge in [0.05, 0.1) is 5.56 Å². The fourth-order valence-electron chi connectivity index (χ4n) is 1.35. The van der Waals surface area contributed by atoms with E-state index in [1.807, 2.05) is 0 Å². The molecule has 0 unspecified atom stereocenters. The molecule has 1 rings (SSSR count). The highest BCUT2D eigenvalue weighted by Crippen LogP contribution is 2.28. The summed E-state index contributed by atoms with van der Waals surface area (Å²) >= 11 is 10.6. The first-order valence-electron chi connectivity index (χ1n) is 5.73. The fourth-order valence-corrected chi connectivity index (χ4v) is 1.51. The van der Waals surface area contributed by atoms with E-state index in [0.717, 1.165) is 24.3 Å². The van der Waals surface area contributed by atoms with E-state index in [0.29, 0.717) is 0 Å². The summed E-state index contributed by atoms with van der Waals surface area (Å²) in [5.41, 5.74) is -0.747. The van der Waals surface area contributed by atoms with Crippen LogP contribution in [0.5, 0.6) is 0 Å². The molecular formula is C12H11Cl2F3N2O2. The molecule has 4 nitrogen and oxygen atoms in total. The first kappa shape index (κ1) is 17.6. The lowest BCUT2D eigenvalue weighted by Gasteiger charge is -2.09. The summed E-state index contributed by atoms with van der Waals surface area (Å²) in [7, 11) is 0. The minimum absolute atomic E-state index is 0.0851. The van der Waals surface area contributed by atoms with Gasteiger partial charge in [-0.15, -0.1) is 0 Å². The molecule has 116 valence electrons. The van der Waals surface area contributed by atoms with Crippen LogP contribution in [0.25, 0.3) is 0 Å². The maximum absolute atomic E-state index is 12.3. The lowest BCUT2D eigenvalue weighted by Crippen LogP contribution is -2.36. The van der Waals surface area contributed by atoms with Gasteiger partial charge in [0, 0.05) is 18.7 Å². The van der Waals surface area contributed by atoms with Crippen molar-refractivity contribution in [3.63, 3.8) is 0 Å². The Balaban J connectivity index is 2.44. The molecule has 0 radical (unpaired) electrons. The van der Waals surface area contributed by atoms with E-state index in [-0.39, 0.29) is 18.7 Å². The predicted octanol–water partition coefficient (Wildman–Crippen LogP) is 2.36. The number of benzene rings is 1. The van der Waals surface area contributed by atoms with Crippen LogP contribution in [0.1, 0.15) is 15.9 Å². The number of halogens is 5. The van der Waals surface area contributed by atoms with Crippen LogP contribution in [0.4, 0.5) is 13.2 Å². The number of carbonyl (C=O) groups is 2. The SMILES string of the molecule is O=C(NCCNC(=O)C(Cl)Cl)c1ccc(C(F)(F)F)cc1. The number of hydrogen-bond acceptors (Lipinski definition) is 2. The van der Waals surface area contributed by atoms with Crippen molar-refractivity contribution in [2.45, 2.75) is 11.0 Å². The Bertz CT molecular complexity index is 504. The zero-order valence-corrected chi connectivity index (χ0v) is 12.0. The average molecular weight is 343 g/mol. The van der Waals surface area contributed by atoms with Gasteiger partial charge in [-0.05, 0) is 24.3 Å². The minimum Gasteiger partial charge on any atom is -0.352 e. The van der Waals surface area contributed by atoms with Crippen molar-refractivity contribution >= 4 is 35.0 Å². The largest absolute Gasteiger partial charge is 0.416 e. The van der Waals surface area contributed by atoms with Gasteiger partial charge >= 0.3 is 6.18 Å². The summed E-state index contributed by atoms with van der Waals surface area (Å²) in [6, 6.07) is 3.79. The van der Waals surface area contributed by atoms with Crippen LogP contribution in [-0.2, 0) is 11.0 Å². The van der Waals surface area contributed by atoms with Gasteiger partial charge in [-0.1, -0.05) is 23.2 Å². The molecule has 9 heteroatoms. The molecule has 0 aliphatic carbocycles. The highest BCUT2D eigenvalue weighted by Gasteiger charge is 2.30. The second-order valence-electron chi connectivity index (χ2n) is 3.92. The van der Waals surface area contributed by atoms with Gasteiger partial charge in [-0.2, -0.15) is 13.2 Å². The number of alkyl halides is 5. The molecule has 0 saturated carbocycles. The highest BCUT2D eigenvalue weighted by molar-refractivity contribution is 6.53. The van der Waals surface area contributed by atoms with Gasteiger partial charge in [0.1, 0.15) is 0 Å². The standard InChI is InChI=1S/C12H11Cl2F3N2O2/c13-9(14)11(21)19-6-5-18-10(20)7-1-3-8(4-2-7)12(15,16)17/h1-4,9H,5-6H2,(H,18,20)(H,19,21). The maximum Gasteiger partial charge on any atom is 0.416 e. The number of amides is 2. The summed E-state index contributed by atoms with van der Waals surface area (Å²) in [4.78, 5) is 21.4. The van der Waals surface area contributed by atoms with Gasteiger partial charge in [-0.3, -0.25) is 9.59 Å². The molecule has 0 atom stereocenters. The van der Waals surface area contributed by atoms with E-state index in [9.17, 15) is 22.8 Å². The Morgan fingerprint density at radius 1 is 1.05 bits per heavy atom. The Morgan fingerprint density at radius 3 is 2.05 bits per heavy atom. The molecule has 0 aliphatic rings. The van der Waals surface area contributed by atoms with Gasteiger partial charge < -0.3 is 10.6 Å². The van der Waals surface area contributed by atoms with Gasteiger partial charge in [0.15, 0.2) is 4.84 Å². The Morgan fingerprint density at radius 2 is 1.57 bits per heavy atom. The number of carbonyl (C=O) groups excluding carboxylic acids is 2. The van der Waals surface area contributed by atoms with Crippen molar-refractivity contribution < 1.29 is 22.8 Å². The third-order valence-corrected chi connectivity index (χ3v) is 2.78. The predicted molar refractivity (Wildman–Crippen MR) is 72.3 cm³/mol. The monoisotopic (exact) mass is 342 g/mol. The van der Waals surface area contributed by atoms with Crippen molar-refractivity contribution in [1.82, 2.24) is 10.6 Å². The molecule has 0 bridgehead atoms. The second kappa shape index (κ2) is 7.51. The number of rotatable bonds is 5. The minimum atomic E-state index is -4.45. The Kier molecular flexibility index (Phi) is 6.29. The molecule has 2 N–H and O–H groups in total. The van der Waals surface area contributed by atoms with E-state index < -0.39 is 28.4 Å². The van der Waals surface area contributed by atoms with E-state index in [4.69, 9.17) is 23.2 Å². The molecule has 0 spiro atoms. The van der Waals surface area contributed by atoms with Gasteiger partial charge in [0.25, 0.3) is 11.8 Å². The molecule has 2 amide bonds. The summed E-state index contributed by atoms with van der Waals surface area (Å²) in [6.07, 6.45) is -4.45. The van der Waals surface area contributed by atoms with Crippen molar-refractivity contribution in [2.24, 2.45) is 0 Å². The average Bonchev–Trinajstić information content (AvgIpc) is 2.42. The van der Waals surface area contributed by atoms with Gasteiger partial charge in [-0.25, -0.2) is 0 Å². The first-order chi connectivity index (χ1) is 9.71. The molecule has 0 aliphatic heterocycles. The van der Waals surface area contributed by atoms with Crippen molar-refractivity contribution in [3.05, 3.63) is 35.4 Å². The van der Waals surface area contributed by atoms with Crippen LogP contribution in [-0.4, -0.2) is 29.7 Å². The van der Waals surface area contributed by atoms with E-state index >= 15 is 0 Å². The zero-order chi connectivity index (χ0) is 16.0. The smallest absolute Gasteiger partial charge is 0.352 e. The molecule has 0 fully saturated rings. The molecule has 21 heavy (non-hydrogen) atoms. The van der Waals surface area contributed by atoms with Crippen molar-refractivity contribution in [3.8, 4) is 0 Å². The summed E-state index contributed by atoms with van der Waals surface area (Å²) < 4.78 is 37.0. The molecular weight excluding hydrogens is 332 g/mol. The second-order valence-corrected chi connectivity index (χ2v) is 5.02. The van der Waals surface area contributed by atoms with Crippen LogP contribution in [0.3, 0.4) is 0 Å². The summed E-state index contributed by atoms with van der Waals surface area (Å²) in [5.74, 6) is -1.15.